The zero-order valence-corrected chi connectivity index (χ0v) is 90.1. The fourth-order valence-corrected chi connectivity index (χ4v) is 31.5. The Labute approximate surface area is 861 Å². The van der Waals surface area contributed by atoms with Crippen molar-refractivity contribution < 1.29 is 89.8 Å². The predicted octanol–water partition coefficient (Wildman–Crippen LogP) is 8.71. The summed E-state index contributed by atoms with van der Waals surface area (Å²) in [4.78, 5) is 94.4. The third-order valence-corrected chi connectivity index (χ3v) is 40.1. The average Bonchev–Trinajstić information content (AvgIpc) is 1.57. The van der Waals surface area contributed by atoms with Gasteiger partial charge in [-0.1, -0.05) is 73.2 Å². The van der Waals surface area contributed by atoms with E-state index < -0.39 is 84.7 Å². The van der Waals surface area contributed by atoms with Crippen molar-refractivity contribution in [3.05, 3.63) is 179 Å². The van der Waals surface area contributed by atoms with Crippen LogP contribution in [0.25, 0.3) is 0 Å². The molecule has 42 heteroatoms. The Kier molecular flexibility index (Phi) is 36.2. The molecule has 2 saturated carbocycles. The van der Waals surface area contributed by atoms with Gasteiger partial charge >= 0.3 is 0 Å². The molecule has 37 nitrogen and oxygen atoms in total. The molecule has 0 radical (unpaired) electrons. The van der Waals surface area contributed by atoms with Gasteiger partial charge in [0, 0.05) is 181 Å². The highest BCUT2D eigenvalue weighted by Crippen LogP contribution is 2.48. The summed E-state index contributed by atoms with van der Waals surface area (Å²) in [6.45, 7) is 20.9. The number of imidazole rings is 1. The van der Waals surface area contributed by atoms with Gasteiger partial charge in [0.15, 0.2) is 28.9 Å². The first-order valence-corrected chi connectivity index (χ1v) is 58.5. The lowest BCUT2D eigenvalue weighted by Crippen LogP contribution is -2.60. The Balaban J connectivity index is 0.000000137. The number of Topliss-reactive ketones (excluding diaryl/α,β-unsaturated/α-hetero) is 5. The Morgan fingerprint density at radius 3 is 1.16 bits per heavy atom. The van der Waals surface area contributed by atoms with Crippen LogP contribution in [0.2, 0.25) is 0 Å². The standard InChI is InChI=1S/C24H30N4O4S.C22H33N3O4S.C21H33N3O4S.C19H24N4O4S.C18H27N3O4S/c1-17(29)19-6-8-21(9-7-19)33(31,32)28-22(15-20-3-2-12-25-20)23(30)26-24(28)10-13-27(14-11-24)16-18-4-5-18;1-17(26)19-6-8-21(9-7-19)30(27,28)25-16-20(15-23(2)3)29-22(25)10-12-24(13-11-22)14-18-4-5-18;1-17(25)18-7-9-20(10-8-18)29(26,27)24-19(6-4-5-15-23(2)3)16-28-21(24)11-13-22-14-12-21;1-14(24)15-2-4-18(5-3-15)28(25,26)23-17(10-16-11-21-13-22-16)12-27-19(23)6-8-20-9-7-19;1-14(22)15-4-6-17(7-5-15)26(23,24)21-16(12-20(2)3)13-25-18(21)8-10-19-11-9-18/h3,6-9,12,18,22H,2,4-5,10-11,13-16H2,1H3,(H,26,30);6-9,18,20H,4-5,10-16H2,1-3H3;7-10,19,22H,4-6,11-16H2,1-3H3;2-5,11,13,17,20H,6-10,12H2,1H3,(H,21,22);4-7,16,19H,8-13H2,1-3H3. The van der Waals surface area contributed by atoms with Crippen LogP contribution in [0, 0.1) is 11.8 Å². The summed E-state index contributed by atoms with van der Waals surface area (Å²) in [5, 5.41) is 12.9. The molecule has 5 N–H and O–H groups in total. The summed E-state index contributed by atoms with van der Waals surface area (Å²) >= 11 is 0. The molecule has 12 fully saturated rings. The Bertz CT molecular complexity index is 6220. The number of H-pyrrole nitrogens is 1. The number of hydrogen-bond donors (Lipinski definition) is 5. The Morgan fingerprint density at radius 2 is 0.795 bits per heavy atom. The van der Waals surface area contributed by atoms with Gasteiger partial charge in [-0.2, -0.15) is 21.5 Å². The number of amides is 1. The molecule has 5 aromatic carbocycles. The molecule has 798 valence electrons. The number of aliphatic imine (C=N–C) groups is 1. The largest absolute Gasteiger partial charge is 0.358 e. The van der Waals surface area contributed by atoms with Gasteiger partial charge in [0.2, 0.25) is 56.0 Å². The first-order chi connectivity index (χ1) is 69.4. The van der Waals surface area contributed by atoms with Gasteiger partial charge in [-0.05, 0) is 247 Å². The first kappa shape index (κ1) is 112. The van der Waals surface area contributed by atoms with E-state index in [1.54, 1.807) is 109 Å². The van der Waals surface area contributed by atoms with Crippen LogP contribution in [0.3, 0.4) is 0 Å². The van der Waals surface area contributed by atoms with Crippen molar-refractivity contribution >= 4 is 91.2 Å². The highest BCUT2D eigenvalue weighted by Gasteiger charge is 2.61. The van der Waals surface area contributed by atoms with E-state index in [0.29, 0.717) is 157 Å². The summed E-state index contributed by atoms with van der Waals surface area (Å²) in [5.41, 5.74) is -0.0365. The van der Waals surface area contributed by atoms with Gasteiger partial charge < -0.3 is 69.7 Å². The van der Waals surface area contributed by atoms with Crippen molar-refractivity contribution in [1.29, 1.82) is 0 Å². The molecule has 6 aromatic rings. The predicted molar refractivity (Wildman–Crippen MR) is 553 cm³/mol. The maximum absolute atomic E-state index is 14.0. The summed E-state index contributed by atoms with van der Waals surface area (Å²) in [5.74, 6) is 0.861. The van der Waals surface area contributed by atoms with E-state index in [0.717, 1.165) is 114 Å². The van der Waals surface area contributed by atoms with Crippen molar-refractivity contribution in [3.8, 4) is 0 Å². The smallest absolute Gasteiger partial charge is 0.245 e. The van der Waals surface area contributed by atoms with Crippen molar-refractivity contribution in [1.82, 2.24) is 77.3 Å². The van der Waals surface area contributed by atoms with E-state index in [1.807, 2.05) is 58.2 Å². The van der Waals surface area contributed by atoms with Gasteiger partial charge in [-0.3, -0.25) is 33.8 Å². The van der Waals surface area contributed by atoms with Crippen molar-refractivity contribution in [3.63, 3.8) is 0 Å². The third-order valence-electron chi connectivity index (χ3n) is 30.1. The molecule has 1 aromatic heterocycles. The number of sulfonamides is 5. The van der Waals surface area contributed by atoms with Crippen LogP contribution in [0.15, 0.2) is 175 Å². The SMILES string of the molecule is CC(=O)c1ccc(S(=O)(=O)N2C(CC3=CCC=N3)C(=O)NC23CCN(CC2CC2)CC3)cc1.CC(=O)c1ccc(S(=O)(=O)N2C(CCCCN(C)C)COC23CCNCC3)cc1.CC(=O)c1ccc(S(=O)(=O)N2C(CN(C)C)COC23CCNCC3)cc1.CC(=O)c1ccc(S(=O)(=O)N2C(Cc3cnc[nH]3)COC23CCNCC3)cc1.CC(=O)c1ccc(S(=O)(=O)N2CC(CN(C)C)OC23CCN(CC2CC2)CC3)cc1. The lowest BCUT2D eigenvalue weighted by molar-refractivity contribution is -0.121. The van der Waals surface area contributed by atoms with Crippen LogP contribution >= 0.6 is 0 Å². The second-order valence-corrected chi connectivity index (χ2v) is 51.0. The molecule has 5 unspecified atom stereocenters. The second-order valence-electron chi connectivity index (χ2n) is 41.9. The van der Waals surface area contributed by atoms with E-state index in [-0.39, 0.29) is 90.0 Å². The maximum atomic E-state index is 14.0. The van der Waals surface area contributed by atoms with Crippen LogP contribution in [0.1, 0.15) is 214 Å². The maximum Gasteiger partial charge on any atom is 0.245 e. The van der Waals surface area contributed by atoms with Gasteiger partial charge in [-0.25, -0.2) is 47.1 Å². The van der Waals surface area contributed by atoms with E-state index >= 15 is 0 Å². The molecule has 19 rings (SSSR count). The number of likely N-dealkylation sites (tertiary alicyclic amines) is 2. The fraction of sp³-hybridized carbons (Fsp3) is 0.596. The van der Waals surface area contributed by atoms with Crippen molar-refractivity contribution in [2.24, 2.45) is 16.8 Å². The number of likely N-dealkylation sites (N-methyl/N-ethyl adjacent to an activating group) is 2. The van der Waals surface area contributed by atoms with Gasteiger partial charge in [0.25, 0.3) is 0 Å². The fourth-order valence-electron chi connectivity index (χ4n) is 22.1. The second kappa shape index (κ2) is 47.2. The minimum atomic E-state index is -4.00. The lowest BCUT2D eigenvalue weighted by atomic mass is 9.97. The summed E-state index contributed by atoms with van der Waals surface area (Å²) < 4.78 is 170. The third kappa shape index (κ3) is 25.8. The molecule has 0 bridgehead atoms. The summed E-state index contributed by atoms with van der Waals surface area (Å²) in [6.07, 6.45) is 22.5. The molecule has 5 spiro atoms. The number of benzene rings is 5. The average molecular weight is 2120 g/mol. The summed E-state index contributed by atoms with van der Waals surface area (Å²) in [6, 6.07) is 29.3. The molecule has 13 aliphatic rings. The number of carbonyl (C=O) groups is 6. The number of unbranched alkanes of at least 4 members (excludes halogenated alkanes) is 1. The number of ether oxygens (including phenoxy) is 4. The molecule has 10 saturated heterocycles. The minimum Gasteiger partial charge on any atom is -0.358 e. The van der Waals surface area contributed by atoms with E-state index in [9.17, 15) is 70.9 Å². The summed E-state index contributed by atoms with van der Waals surface area (Å²) in [7, 11) is -7.10. The number of rotatable bonds is 32. The van der Waals surface area contributed by atoms with Crippen molar-refractivity contribution in [2.75, 3.05) is 167 Å². The van der Waals surface area contributed by atoms with Crippen LogP contribution in [-0.2, 0) is 80.3 Å². The normalized spacial score (nSPS) is 23.9. The number of allylic oxidation sites excluding steroid dienone is 1. The van der Waals surface area contributed by atoms with Crippen LogP contribution in [0.5, 0.6) is 0 Å². The van der Waals surface area contributed by atoms with E-state index in [2.05, 4.69) is 50.9 Å². The van der Waals surface area contributed by atoms with E-state index in [4.69, 9.17) is 18.9 Å². The van der Waals surface area contributed by atoms with Gasteiger partial charge in [-0.15, -0.1) is 0 Å². The van der Waals surface area contributed by atoms with Gasteiger partial charge in [0.1, 0.15) is 34.6 Å². The molecule has 1 amide bonds. The Hall–Kier alpha value is -8.39. The topological polar surface area (TPSA) is 432 Å². The molecule has 2 aliphatic carbocycles. The number of aromatic amines is 1. The minimum absolute atomic E-state index is 0.0750. The highest BCUT2D eigenvalue weighted by molar-refractivity contribution is 7.90. The number of ketones is 5. The molecule has 12 heterocycles. The molecular formula is C104H147N17O20S5. The quantitative estimate of drug-likeness (QED) is 0.0194. The number of aromatic nitrogens is 2. The monoisotopic (exact) mass is 2110 g/mol. The molecule has 11 aliphatic heterocycles. The highest BCUT2D eigenvalue weighted by atomic mass is 32.2. The number of piperidine rings is 5. The van der Waals surface area contributed by atoms with Crippen LogP contribution < -0.4 is 21.3 Å². The van der Waals surface area contributed by atoms with E-state index in [1.165, 1.54) is 113 Å². The molecular weight excluding hydrogens is 1970 g/mol. The van der Waals surface area contributed by atoms with Crippen molar-refractivity contribution in [2.45, 2.75) is 246 Å². The Morgan fingerprint density at radius 1 is 0.425 bits per heavy atom. The number of nitrogens with zero attached hydrogens (tertiary/aromatic N) is 12. The van der Waals surface area contributed by atoms with Crippen LogP contribution in [-0.4, -0.2) is 365 Å². The first-order valence-electron chi connectivity index (χ1n) is 51.3. The van der Waals surface area contributed by atoms with Gasteiger partial charge in [0.05, 0.1) is 74.9 Å². The number of nitrogens with one attached hydrogen (secondary N) is 5. The lowest BCUT2D eigenvalue weighted by Gasteiger charge is -2.44. The zero-order chi connectivity index (χ0) is 105. The number of carbonyl (C=O) groups excluding carboxylic acids is 6. The van der Waals surface area contributed by atoms with Crippen LogP contribution in [0.4, 0.5) is 0 Å². The molecule has 146 heavy (non-hydrogen) atoms. The number of hydrogen-bond acceptors (Lipinski definition) is 30. The zero-order valence-electron chi connectivity index (χ0n) is 86.0. The molecule has 5 atom stereocenters.